The number of carbonyl (C=O) groups excluding carboxylic acids is 8. The summed E-state index contributed by atoms with van der Waals surface area (Å²) in [5.41, 5.74) is 7.18. The van der Waals surface area contributed by atoms with Gasteiger partial charge in [-0.1, -0.05) is 107 Å². The summed E-state index contributed by atoms with van der Waals surface area (Å²) in [6.07, 6.45) is -2.38. The third-order valence-corrected chi connectivity index (χ3v) is 12.2. The minimum absolute atomic E-state index is 0.0737. The first-order chi connectivity index (χ1) is 36.9. The summed E-state index contributed by atoms with van der Waals surface area (Å²) < 4.78 is 0. The van der Waals surface area contributed by atoms with Crippen molar-refractivity contribution in [1.82, 2.24) is 42.5 Å². The monoisotopic (exact) mass is 1090 g/mol. The molecule has 0 fully saturated rings. The van der Waals surface area contributed by atoms with Crippen molar-refractivity contribution >= 4 is 65.2 Å². The molecule has 8 amide bonds. The topological polar surface area (TPSA) is 411 Å². The van der Waals surface area contributed by atoms with Crippen molar-refractivity contribution in [3.05, 3.63) is 102 Å². The number of carboxylic acid groups (broad SMARTS) is 3. The fourth-order valence-electron chi connectivity index (χ4n) is 7.74. The number of aromatic hydroxyl groups is 1. The van der Waals surface area contributed by atoms with Crippen molar-refractivity contribution in [2.24, 2.45) is 17.6 Å². The van der Waals surface area contributed by atoms with Gasteiger partial charge in [-0.15, -0.1) is 0 Å². The quantitative estimate of drug-likeness (QED) is 0.0339. The van der Waals surface area contributed by atoms with E-state index in [0.717, 1.165) is 0 Å². The van der Waals surface area contributed by atoms with Gasteiger partial charge in [-0.25, -0.2) is 4.79 Å². The molecule has 0 aliphatic carbocycles. The molecule has 0 bridgehead atoms. The molecule has 3 aromatic rings. The lowest BCUT2D eigenvalue weighted by Gasteiger charge is -2.28. The zero-order valence-electron chi connectivity index (χ0n) is 43.7. The third kappa shape index (κ3) is 22.4. The third-order valence-electron chi connectivity index (χ3n) is 12.2. The standard InChI is InChI=1S/C53H71N9O16/c1-5-30(4)45(52(76)60-40(26-44(68)69)51(75)59-39(24-32-14-10-7-11-15-32)50(74)61-41(53(77)78)25-33-16-18-34(64)19-17-33)62-42(65)27-55-47(71)36(20-21-43(66)67)56-49(73)38(23-31-12-8-6-9-13-31)58-48(72)37(22-29(2)3)57-46(70)35(54)28-63/h6-19,29-30,35-41,45,63-64H,5,20-28,54H2,1-4H3,(H,55,71)(H,56,73)(H,57,70)(H,58,72)(H,59,75)(H,60,76)(H,61,74)(H,62,65)(H,66,67)(H,68,69)(H,77,78)/t30-,35-,36-,37-,38-,39-,40-,41-,45-/m0/s1. The van der Waals surface area contributed by atoms with Crippen LogP contribution in [-0.4, -0.2) is 152 Å². The van der Waals surface area contributed by atoms with Crippen LogP contribution in [0, 0.1) is 11.8 Å². The summed E-state index contributed by atoms with van der Waals surface area (Å²) in [5, 5.41) is 67.8. The fourth-order valence-corrected chi connectivity index (χ4v) is 7.74. The smallest absolute Gasteiger partial charge is 0.326 e. The second-order valence-corrected chi connectivity index (χ2v) is 19.1. The highest BCUT2D eigenvalue weighted by Gasteiger charge is 2.36. The molecule has 0 saturated heterocycles. The van der Waals surface area contributed by atoms with Gasteiger partial charge in [0, 0.05) is 25.7 Å². The van der Waals surface area contributed by atoms with E-state index in [0.29, 0.717) is 16.7 Å². The van der Waals surface area contributed by atoms with E-state index in [4.69, 9.17) is 5.73 Å². The molecule has 424 valence electrons. The van der Waals surface area contributed by atoms with Crippen LogP contribution in [0.5, 0.6) is 5.75 Å². The fraction of sp³-hybridized carbons (Fsp3) is 0.453. The van der Waals surface area contributed by atoms with Gasteiger partial charge in [-0.2, -0.15) is 0 Å². The summed E-state index contributed by atoms with van der Waals surface area (Å²) in [5.74, 6) is -13.0. The number of nitrogens with two attached hydrogens (primary N) is 1. The van der Waals surface area contributed by atoms with Crippen LogP contribution < -0.4 is 48.3 Å². The number of amides is 8. The molecule has 0 aliphatic heterocycles. The molecule has 0 aromatic heterocycles. The average molecular weight is 1090 g/mol. The lowest BCUT2D eigenvalue weighted by atomic mass is 9.97. The number of carboxylic acids is 3. The van der Waals surface area contributed by atoms with Gasteiger partial charge in [0.2, 0.25) is 47.3 Å². The highest BCUT2D eigenvalue weighted by molar-refractivity contribution is 5.98. The number of aliphatic carboxylic acids is 3. The van der Waals surface area contributed by atoms with E-state index in [-0.39, 0.29) is 43.8 Å². The van der Waals surface area contributed by atoms with Crippen LogP contribution in [0.1, 0.15) is 76.5 Å². The molecule has 0 heterocycles. The molecule has 78 heavy (non-hydrogen) atoms. The number of carbonyl (C=O) groups is 11. The van der Waals surface area contributed by atoms with Crippen molar-refractivity contribution in [2.45, 2.75) is 127 Å². The van der Waals surface area contributed by atoms with E-state index < -0.39 is 152 Å². The van der Waals surface area contributed by atoms with Gasteiger partial charge >= 0.3 is 17.9 Å². The molecule has 0 radical (unpaired) electrons. The van der Waals surface area contributed by atoms with E-state index in [2.05, 4.69) is 42.5 Å². The summed E-state index contributed by atoms with van der Waals surface area (Å²) in [6.45, 7) is 5.20. The zero-order valence-corrected chi connectivity index (χ0v) is 43.7. The number of aliphatic hydroxyl groups is 1. The molecule has 0 saturated carbocycles. The number of benzene rings is 3. The predicted molar refractivity (Wildman–Crippen MR) is 279 cm³/mol. The summed E-state index contributed by atoms with van der Waals surface area (Å²) in [7, 11) is 0. The average Bonchev–Trinajstić information content (AvgIpc) is 3.39. The zero-order chi connectivity index (χ0) is 58.1. The summed E-state index contributed by atoms with van der Waals surface area (Å²) in [4.78, 5) is 145. The SMILES string of the molecule is CC[C@H](C)[C@H](NC(=O)CNC(=O)[C@H](CCC(=O)O)NC(=O)[C@H](Cc1ccccc1)NC(=O)[C@H](CC(C)C)NC(=O)[C@@H](N)CO)C(=O)N[C@@H](CC(=O)O)C(=O)N[C@@H](Cc1ccccc1)C(=O)N[C@@H](Cc1ccc(O)cc1)C(=O)O. The van der Waals surface area contributed by atoms with Crippen LogP contribution in [-0.2, 0) is 72.0 Å². The van der Waals surface area contributed by atoms with Crippen molar-refractivity contribution in [1.29, 1.82) is 0 Å². The molecular formula is C53H71N9O16. The molecule has 25 nitrogen and oxygen atoms in total. The van der Waals surface area contributed by atoms with Gasteiger partial charge < -0.3 is 73.8 Å². The van der Waals surface area contributed by atoms with Crippen molar-refractivity contribution < 1.29 is 78.3 Å². The largest absolute Gasteiger partial charge is 0.508 e. The maximum absolute atomic E-state index is 14.0. The predicted octanol–water partition coefficient (Wildman–Crippen LogP) is -1.23. The lowest BCUT2D eigenvalue weighted by molar-refractivity contribution is -0.143. The van der Waals surface area contributed by atoms with Crippen LogP contribution >= 0.6 is 0 Å². The molecule has 9 atom stereocenters. The van der Waals surface area contributed by atoms with Crippen molar-refractivity contribution in [3.8, 4) is 5.75 Å². The van der Waals surface area contributed by atoms with Crippen molar-refractivity contribution in [3.63, 3.8) is 0 Å². The Kier molecular flexibility index (Phi) is 26.4. The molecule has 0 spiro atoms. The summed E-state index contributed by atoms with van der Waals surface area (Å²) in [6, 6.07) is 10.2. The Hall–Kier alpha value is -8.45. The second-order valence-electron chi connectivity index (χ2n) is 19.1. The molecule has 15 N–H and O–H groups in total. The van der Waals surface area contributed by atoms with E-state index >= 15 is 0 Å². The minimum atomic E-state index is -1.87. The Balaban J connectivity index is 1.81. The van der Waals surface area contributed by atoms with Gasteiger partial charge in [-0.05, 0) is 53.5 Å². The molecule has 3 aromatic carbocycles. The maximum Gasteiger partial charge on any atom is 0.326 e. The first-order valence-electron chi connectivity index (χ1n) is 25.2. The minimum Gasteiger partial charge on any atom is -0.508 e. The number of phenolic OH excluding ortho intramolecular Hbond substituents is 1. The first kappa shape index (κ1) is 63.8. The first-order valence-corrected chi connectivity index (χ1v) is 25.2. The number of nitrogens with one attached hydrogen (secondary N) is 8. The summed E-state index contributed by atoms with van der Waals surface area (Å²) >= 11 is 0. The molecule has 0 unspecified atom stereocenters. The van der Waals surface area contributed by atoms with Crippen LogP contribution in [0.3, 0.4) is 0 Å². The number of hydrogen-bond acceptors (Lipinski definition) is 14. The van der Waals surface area contributed by atoms with Crippen LogP contribution in [0.15, 0.2) is 84.9 Å². The maximum atomic E-state index is 14.0. The normalized spacial score (nSPS) is 14.4. The number of phenols is 1. The second kappa shape index (κ2) is 32.2. The van der Waals surface area contributed by atoms with Gasteiger partial charge in [0.25, 0.3) is 0 Å². The Morgan fingerprint density at radius 3 is 1.44 bits per heavy atom. The molecule has 25 heteroatoms. The van der Waals surface area contributed by atoms with Gasteiger partial charge in [0.15, 0.2) is 0 Å². The Labute approximate surface area is 450 Å². The van der Waals surface area contributed by atoms with Gasteiger partial charge in [0.05, 0.1) is 19.6 Å². The Bertz CT molecular complexity index is 2530. The number of rotatable bonds is 33. The molecular weight excluding hydrogens is 1020 g/mol. The molecule has 3 rings (SSSR count). The molecule has 0 aliphatic rings. The van der Waals surface area contributed by atoms with Crippen molar-refractivity contribution in [2.75, 3.05) is 13.2 Å². The number of aliphatic hydroxyl groups excluding tert-OH is 1. The lowest BCUT2D eigenvalue weighted by Crippen LogP contribution is -2.60. The highest BCUT2D eigenvalue weighted by atomic mass is 16.4. The highest BCUT2D eigenvalue weighted by Crippen LogP contribution is 2.15. The Morgan fingerprint density at radius 1 is 0.513 bits per heavy atom. The van der Waals surface area contributed by atoms with Gasteiger partial charge in [-0.3, -0.25) is 47.9 Å². The number of hydrogen-bond donors (Lipinski definition) is 14. The van der Waals surface area contributed by atoms with Gasteiger partial charge in [0.1, 0.15) is 54.1 Å². The van der Waals surface area contributed by atoms with Crippen LogP contribution in [0.25, 0.3) is 0 Å². The van der Waals surface area contributed by atoms with E-state index in [9.17, 15) is 78.3 Å². The van der Waals surface area contributed by atoms with E-state index in [1.165, 1.54) is 24.3 Å². The van der Waals surface area contributed by atoms with Crippen LogP contribution in [0.2, 0.25) is 0 Å². The Morgan fingerprint density at radius 2 is 0.962 bits per heavy atom. The van der Waals surface area contributed by atoms with E-state index in [1.807, 2.05) is 0 Å². The van der Waals surface area contributed by atoms with Crippen LogP contribution in [0.4, 0.5) is 0 Å². The van der Waals surface area contributed by atoms with E-state index in [1.54, 1.807) is 88.4 Å².